The van der Waals surface area contributed by atoms with Crippen molar-refractivity contribution in [2.45, 2.75) is 0 Å². The fourth-order valence-corrected chi connectivity index (χ4v) is 2.49. The number of ether oxygens (including phenoxy) is 1. The predicted octanol–water partition coefficient (Wildman–Crippen LogP) is 2.35. The summed E-state index contributed by atoms with van der Waals surface area (Å²) in [5.41, 5.74) is -0.157. The molecule has 0 spiro atoms. The zero-order valence-corrected chi connectivity index (χ0v) is 12.2. The van der Waals surface area contributed by atoms with Crippen molar-refractivity contribution in [3.63, 3.8) is 0 Å². The van der Waals surface area contributed by atoms with Crippen molar-refractivity contribution >= 4 is 17.3 Å². The largest absolute Gasteiger partial charge is 0.504 e. The topological polar surface area (TPSA) is 100 Å². The van der Waals surface area contributed by atoms with E-state index in [1.165, 1.54) is 25.6 Å². The average Bonchev–Trinajstić information content (AvgIpc) is 2.59. The van der Waals surface area contributed by atoms with E-state index in [-0.39, 0.29) is 28.2 Å². The number of aromatic nitrogens is 1. The Balaban J connectivity index is 2.19. The first-order chi connectivity index (χ1) is 11.1. The van der Waals surface area contributed by atoms with Crippen molar-refractivity contribution in [2.75, 3.05) is 7.11 Å². The molecule has 23 heavy (non-hydrogen) atoms. The lowest BCUT2D eigenvalue weighted by Gasteiger charge is -2.20. The fraction of sp³-hybridized carbons (Fsp3) is 0.0588. The molecule has 0 unspecified atom stereocenters. The van der Waals surface area contributed by atoms with Crippen LogP contribution in [0.1, 0.15) is 26.3 Å². The normalized spacial score (nSPS) is 13.8. The molecule has 1 heterocycles. The SMILES string of the molecule is COc1cccc2c1C(=O)C(C(=N)c1cccnc1)=C(O)C2=O. The smallest absolute Gasteiger partial charge is 0.229 e. The number of hydrogen-bond acceptors (Lipinski definition) is 6. The lowest BCUT2D eigenvalue weighted by molar-refractivity contribution is 0.0932. The van der Waals surface area contributed by atoms with E-state index in [1.807, 2.05) is 0 Å². The van der Waals surface area contributed by atoms with Gasteiger partial charge in [0.15, 0.2) is 5.76 Å². The Morgan fingerprint density at radius 2 is 1.96 bits per heavy atom. The molecule has 1 aromatic carbocycles. The van der Waals surface area contributed by atoms with Gasteiger partial charge >= 0.3 is 0 Å². The first-order valence-electron chi connectivity index (χ1n) is 6.75. The number of aliphatic hydroxyl groups is 1. The lowest BCUT2D eigenvalue weighted by Crippen LogP contribution is -2.27. The standard InChI is InChI=1S/C17H12N2O4/c1-23-11-6-2-5-10-12(11)16(21)13(17(22)15(10)20)14(18)9-4-3-7-19-8-9/h2-8,18,22H,1H3. The van der Waals surface area contributed by atoms with E-state index in [9.17, 15) is 14.7 Å². The third kappa shape index (κ3) is 2.20. The van der Waals surface area contributed by atoms with Gasteiger partial charge in [-0.05, 0) is 24.3 Å². The summed E-state index contributed by atoms with van der Waals surface area (Å²) in [5.74, 6) is -1.83. The molecular weight excluding hydrogens is 296 g/mol. The molecule has 1 aromatic heterocycles. The molecule has 0 radical (unpaired) electrons. The van der Waals surface area contributed by atoms with Gasteiger partial charge < -0.3 is 9.84 Å². The molecule has 3 rings (SSSR count). The van der Waals surface area contributed by atoms with E-state index in [4.69, 9.17) is 10.1 Å². The van der Waals surface area contributed by atoms with Gasteiger partial charge in [-0.1, -0.05) is 6.07 Å². The Morgan fingerprint density at radius 1 is 1.17 bits per heavy atom. The number of rotatable bonds is 3. The molecular formula is C17H12N2O4. The van der Waals surface area contributed by atoms with Crippen molar-refractivity contribution in [3.8, 4) is 5.75 Å². The summed E-state index contributed by atoms with van der Waals surface area (Å²) < 4.78 is 5.14. The number of pyridine rings is 1. The summed E-state index contributed by atoms with van der Waals surface area (Å²) in [6.07, 6.45) is 2.91. The van der Waals surface area contributed by atoms with E-state index in [2.05, 4.69) is 4.98 Å². The van der Waals surface area contributed by atoms with E-state index >= 15 is 0 Å². The van der Waals surface area contributed by atoms with Gasteiger partial charge in [-0.25, -0.2) is 0 Å². The van der Waals surface area contributed by atoms with Crippen molar-refractivity contribution in [3.05, 3.63) is 70.7 Å². The second-order valence-electron chi connectivity index (χ2n) is 4.88. The summed E-state index contributed by atoms with van der Waals surface area (Å²) in [7, 11) is 1.39. The van der Waals surface area contributed by atoms with Crippen LogP contribution in [0, 0.1) is 5.41 Å². The quantitative estimate of drug-likeness (QED) is 0.848. The monoisotopic (exact) mass is 308 g/mol. The summed E-state index contributed by atoms with van der Waals surface area (Å²) >= 11 is 0. The van der Waals surface area contributed by atoms with Crippen LogP contribution < -0.4 is 4.74 Å². The molecule has 0 amide bonds. The number of ketones is 2. The van der Waals surface area contributed by atoms with Gasteiger partial charge in [0.05, 0.1) is 24.0 Å². The van der Waals surface area contributed by atoms with Gasteiger partial charge in [0.2, 0.25) is 11.6 Å². The molecule has 1 aliphatic rings. The average molecular weight is 308 g/mol. The third-order valence-electron chi connectivity index (χ3n) is 3.60. The lowest BCUT2D eigenvalue weighted by atomic mass is 9.84. The highest BCUT2D eigenvalue weighted by molar-refractivity contribution is 6.39. The summed E-state index contributed by atoms with van der Waals surface area (Å²) in [6, 6.07) is 7.74. The van der Waals surface area contributed by atoms with Crippen molar-refractivity contribution < 1.29 is 19.4 Å². The number of Topliss-reactive ketones (excluding diaryl/α,β-unsaturated/α-hetero) is 2. The maximum Gasteiger partial charge on any atom is 0.229 e. The van der Waals surface area contributed by atoms with Gasteiger partial charge in [0.1, 0.15) is 5.75 Å². The molecule has 0 aliphatic heterocycles. The van der Waals surface area contributed by atoms with E-state index < -0.39 is 17.3 Å². The number of fused-ring (bicyclic) bond motifs is 1. The first kappa shape index (κ1) is 14.6. The summed E-state index contributed by atoms with van der Waals surface area (Å²) in [6.45, 7) is 0. The zero-order chi connectivity index (χ0) is 16.6. The Bertz CT molecular complexity index is 869. The second kappa shape index (κ2) is 5.49. The Morgan fingerprint density at radius 3 is 2.61 bits per heavy atom. The minimum Gasteiger partial charge on any atom is -0.504 e. The molecule has 6 heteroatoms. The summed E-state index contributed by atoms with van der Waals surface area (Å²) in [4.78, 5) is 29.0. The number of hydrogen-bond donors (Lipinski definition) is 2. The molecule has 6 nitrogen and oxygen atoms in total. The Hall–Kier alpha value is -3.28. The first-order valence-corrected chi connectivity index (χ1v) is 6.75. The van der Waals surface area contributed by atoms with Crippen molar-refractivity contribution in [1.82, 2.24) is 4.98 Å². The van der Waals surface area contributed by atoms with Gasteiger partial charge in [-0.3, -0.25) is 20.0 Å². The fourth-order valence-electron chi connectivity index (χ4n) is 2.49. The number of methoxy groups -OCH3 is 1. The van der Waals surface area contributed by atoms with Crippen LogP contribution in [0.25, 0.3) is 0 Å². The number of aliphatic hydroxyl groups excluding tert-OH is 1. The van der Waals surface area contributed by atoms with E-state index in [0.717, 1.165) is 0 Å². The van der Waals surface area contributed by atoms with Gasteiger partial charge in [-0.2, -0.15) is 0 Å². The maximum atomic E-state index is 12.8. The van der Waals surface area contributed by atoms with Gasteiger partial charge in [-0.15, -0.1) is 0 Å². The summed E-state index contributed by atoms with van der Waals surface area (Å²) in [5, 5.41) is 18.3. The van der Waals surface area contributed by atoms with Crippen LogP contribution in [-0.4, -0.2) is 34.5 Å². The Kier molecular flexibility index (Phi) is 3.50. The molecule has 0 saturated heterocycles. The minimum atomic E-state index is -0.732. The van der Waals surface area contributed by atoms with Crippen molar-refractivity contribution in [2.24, 2.45) is 0 Å². The highest BCUT2D eigenvalue weighted by atomic mass is 16.5. The third-order valence-corrected chi connectivity index (χ3v) is 3.60. The highest BCUT2D eigenvalue weighted by Crippen LogP contribution is 2.33. The molecule has 2 N–H and O–H groups in total. The van der Waals surface area contributed by atoms with Gasteiger partial charge in [0.25, 0.3) is 0 Å². The number of carbonyl (C=O) groups excluding carboxylic acids is 2. The van der Waals surface area contributed by atoms with Crippen LogP contribution >= 0.6 is 0 Å². The molecule has 0 fully saturated rings. The predicted molar refractivity (Wildman–Crippen MR) is 82.4 cm³/mol. The van der Waals surface area contributed by atoms with E-state index in [1.54, 1.807) is 24.3 Å². The number of nitrogens with one attached hydrogen (secondary N) is 1. The molecule has 0 bridgehead atoms. The molecule has 0 saturated carbocycles. The number of allylic oxidation sites excluding steroid dienone is 2. The van der Waals surface area contributed by atoms with Crippen molar-refractivity contribution in [1.29, 1.82) is 5.41 Å². The zero-order valence-electron chi connectivity index (χ0n) is 12.2. The molecule has 1 aliphatic carbocycles. The van der Waals surface area contributed by atoms with E-state index in [0.29, 0.717) is 5.56 Å². The Labute approximate surface area is 131 Å². The molecule has 114 valence electrons. The van der Waals surface area contributed by atoms with Crippen LogP contribution in [0.4, 0.5) is 0 Å². The van der Waals surface area contributed by atoms with Crippen LogP contribution in [-0.2, 0) is 0 Å². The van der Waals surface area contributed by atoms with Crippen LogP contribution in [0.2, 0.25) is 0 Å². The van der Waals surface area contributed by atoms with Crippen LogP contribution in [0.5, 0.6) is 5.75 Å². The number of benzene rings is 1. The van der Waals surface area contributed by atoms with Crippen LogP contribution in [0.15, 0.2) is 54.1 Å². The molecule has 2 aromatic rings. The number of carbonyl (C=O) groups is 2. The second-order valence-corrected chi connectivity index (χ2v) is 4.88. The minimum absolute atomic E-state index is 0.0569. The number of nitrogens with zero attached hydrogens (tertiary/aromatic N) is 1. The van der Waals surface area contributed by atoms with Gasteiger partial charge in [0, 0.05) is 23.5 Å². The maximum absolute atomic E-state index is 12.8. The van der Waals surface area contributed by atoms with Crippen LogP contribution in [0.3, 0.4) is 0 Å². The highest BCUT2D eigenvalue weighted by Gasteiger charge is 2.36. The molecule has 0 atom stereocenters.